The predicted molar refractivity (Wildman–Crippen MR) is 41.9 cm³/mol. The molecule has 0 bridgehead atoms. The molecule has 0 aromatic carbocycles. The van der Waals surface area contributed by atoms with Crippen LogP contribution in [0.15, 0.2) is 0 Å². The summed E-state index contributed by atoms with van der Waals surface area (Å²) in [6, 6.07) is 0. The van der Waals surface area contributed by atoms with Gasteiger partial charge in [0.05, 0.1) is 5.69 Å². The summed E-state index contributed by atoms with van der Waals surface area (Å²) in [4.78, 5) is 11.2. The molecule has 64 valence electrons. The molecule has 1 aliphatic heterocycles. The van der Waals surface area contributed by atoms with Gasteiger partial charge in [0.2, 0.25) is 0 Å². The summed E-state index contributed by atoms with van der Waals surface area (Å²) in [7, 11) is 1.80. The molecule has 0 aliphatic carbocycles. The number of rotatable bonds is 0. The Labute approximate surface area is 125 Å². The average Bonchev–Trinajstić information content (AvgIpc) is 2.30. The molecule has 0 saturated heterocycles. The van der Waals surface area contributed by atoms with Gasteiger partial charge in [-0.15, -0.1) is 11.6 Å². The molecule has 2 rings (SSSR count). The summed E-state index contributed by atoms with van der Waals surface area (Å²) in [5.74, 6) is -0.226. The second-order valence-electron chi connectivity index (χ2n) is 2.80. The number of aryl methyl sites for hydroxylation is 1. The van der Waals surface area contributed by atoms with Crippen molar-refractivity contribution in [3.8, 4) is 0 Å². The van der Waals surface area contributed by atoms with Gasteiger partial charge < -0.3 is 10.1 Å². The van der Waals surface area contributed by atoms with Crippen molar-refractivity contribution in [2.24, 2.45) is 7.05 Å². The molecule has 1 aliphatic rings. The maximum Gasteiger partial charge on any atom is 1.00 e. The summed E-state index contributed by atoms with van der Waals surface area (Å²) in [6.45, 7) is 0.606. The quantitative estimate of drug-likeness (QED) is 0.503. The van der Waals surface area contributed by atoms with Gasteiger partial charge in [0.15, 0.2) is 0 Å². The first-order chi connectivity index (χ1) is 5.79. The van der Waals surface area contributed by atoms with Crippen LogP contribution in [0, 0.1) is 0 Å². The number of nitrogens with zero attached hydrogens (tertiary/aromatic N) is 4. The molecule has 0 N–H and O–H groups in total. The van der Waals surface area contributed by atoms with Crippen LogP contribution in [0.4, 0.5) is 0 Å². The van der Waals surface area contributed by atoms with Crippen molar-refractivity contribution in [1.82, 2.24) is 15.0 Å². The first-order valence-corrected chi connectivity index (χ1v) is 3.89. The van der Waals surface area contributed by atoms with Crippen molar-refractivity contribution in [2.45, 2.75) is 12.8 Å². The van der Waals surface area contributed by atoms with Crippen LogP contribution in [-0.4, -0.2) is 27.4 Å². The summed E-state index contributed by atoms with van der Waals surface area (Å²) in [5.41, 5.74) is 1.33. The molecule has 0 spiro atoms. The first kappa shape index (κ1) is 11.5. The minimum absolute atomic E-state index is 0. The van der Waals surface area contributed by atoms with Crippen LogP contribution >= 0.6 is 0 Å². The van der Waals surface area contributed by atoms with Gasteiger partial charge in [-0.1, -0.05) is 11.6 Å². The largest absolute Gasteiger partial charge is 1.00 e. The van der Waals surface area contributed by atoms with Gasteiger partial charge >= 0.3 is 58.2 Å². The zero-order valence-electron chi connectivity index (χ0n) is 7.82. The van der Waals surface area contributed by atoms with E-state index >= 15 is 0 Å². The van der Waals surface area contributed by atoms with Crippen molar-refractivity contribution >= 4 is 5.91 Å². The monoisotopic (exact) mass is 250 g/mol. The summed E-state index contributed by atoms with van der Waals surface area (Å²) in [6.07, 6.45) is 1.74. The number of carbonyl (C=O) groups is 1. The molecule has 1 amide bonds. The first-order valence-electron chi connectivity index (χ1n) is 3.89. The maximum atomic E-state index is 11.2. The SMILES string of the molecule is Cn1nnc2c1CCC[N-]C2=O.[Rb+]. The Bertz CT molecular complexity index is 322. The number of aromatic nitrogens is 3. The van der Waals surface area contributed by atoms with Gasteiger partial charge in [0.25, 0.3) is 0 Å². The molecule has 1 aromatic rings. The van der Waals surface area contributed by atoms with E-state index in [-0.39, 0.29) is 64.1 Å². The predicted octanol–water partition coefficient (Wildman–Crippen LogP) is -2.72. The third-order valence-electron chi connectivity index (χ3n) is 1.97. The normalized spacial score (nSPS) is 15.3. The fourth-order valence-electron chi connectivity index (χ4n) is 1.33. The number of hydrogen-bond acceptors (Lipinski definition) is 3. The van der Waals surface area contributed by atoms with Gasteiger partial charge in [0, 0.05) is 7.05 Å². The van der Waals surface area contributed by atoms with Crippen LogP contribution in [0.3, 0.4) is 0 Å². The molecule has 5 nitrogen and oxygen atoms in total. The second-order valence-corrected chi connectivity index (χ2v) is 2.80. The third-order valence-corrected chi connectivity index (χ3v) is 1.97. The molecular formula is C7H9N4ORb. The fourth-order valence-corrected chi connectivity index (χ4v) is 1.33. The molecule has 0 radical (unpaired) electrons. The van der Waals surface area contributed by atoms with E-state index in [4.69, 9.17) is 0 Å². The summed E-state index contributed by atoms with van der Waals surface area (Å²) >= 11 is 0. The molecule has 13 heavy (non-hydrogen) atoms. The number of fused-ring (bicyclic) bond motifs is 1. The van der Waals surface area contributed by atoms with Gasteiger partial charge in [0.1, 0.15) is 11.6 Å². The maximum absolute atomic E-state index is 11.2. The Morgan fingerprint density at radius 3 is 3.08 bits per heavy atom. The molecule has 0 saturated carbocycles. The number of amides is 1. The van der Waals surface area contributed by atoms with E-state index in [1.165, 1.54) is 0 Å². The van der Waals surface area contributed by atoms with E-state index < -0.39 is 0 Å². The summed E-state index contributed by atoms with van der Waals surface area (Å²) in [5, 5.41) is 11.4. The van der Waals surface area contributed by atoms with Gasteiger partial charge in [-0.2, -0.15) is 0 Å². The van der Waals surface area contributed by atoms with Crippen LogP contribution < -0.4 is 58.2 Å². The molecule has 2 heterocycles. The van der Waals surface area contributed by atoms with Crippen molar-refractivity contribution in [1.29, 1.82) is 0 Å². The Morgan fingerprint density at radius 1 is 1.54 bits per heavy atom. The number of hydrogen-bond donors (Lipinski definition) is 0. The topological polar surface area (TPSA) is 61.9 Å². The second kappa shape index (κ2) is 4.77. The van der Waals surface area contributed by atoms with E-state index in [2.05, 4.69) is 15.6 Å². The Balaban J connectivity index is 0.000000845. The Morgan fingerprint density at radius 2 is 2.31 bits per heavy atom. The van der Waals surface area contributed by atoms with E-state index in [9.17, 15) is 4.79 Å². The van der Waals surface area contributed by atoms with E-state index in [0.717, 1.165) is 18.5 Å². The van der Waals surface area contributed by atoms with Crippen LogP contribution in [0.5, 0.6) is 0 Å². The Kier molecular flexibility index (Phi) is 4.22. The van der Waals surface area contributed by atoms with Crippen molar-refractivity contribution in [3.63, 3.8) is 0 Å². The molecule has 6 heteroatoms. The van der Waals surface area contributed by atoms with Crippen LogP contribution in [0.2, 0.25) is 0 Å². The van der Waals surface area contributed by atoms with Gasteiger partial charge in [-0.3, -0.25) is 4.68 Å². The molecule has 0 fully saturated rings. The van der Waals surface area contributed by atoms with E-state index in [0.29, 0.717) is 12.2 Å². The fraction of sp³-hybridized carbons (Fsp3) is 0.571. The van der Waals surface area contributed by atoms with Crippen molar-refractivity contribution in [2.75, 3.05) is 6.54 Å². The smallest absolute Gasteiger partial charge is 0.648 e. The van der Waals surface area contributed by atoms with Crippen molar-refractivity contribution in [3.05, 3.63) is 16.7 Å². The van der Waals surface area contributed by atoms with E-state index in [1.54, 1.807) is 11.7 Å². The molecule has 1 aromatic heterocycles. The zero-order valence-corrected chi connectivity index (χ0v) is 12.7. The third kappa shape index (κ3) is 2.26. The molecule has 0 atom stereocenters. The van der Waals surface area contributed by atoms with Gasteiger partial charge in [-0.25, -0.2) is 0 Å². The standard InChI is InChI=1S/C7H10N4O.Rb/c1-11-5-3-2-4-8-7(12)6(5)9-10-11;/h2-4H2,1H3,(H,8,12);/q;+1/p-1. The summed E-state index contributed by atoms with van der Waals surface area (Å²) < 4.78 is 1.65. The van der Waals surface area contributed by atoms with Crippen molar-refractivity contribution < 1.29 is 63.0 Å². The van der Waals surface area contributed by atoms with Gasteiger partial charge in [-0.05, 0) is 6.42 Å². The van der Waals surface area contributed by atoms with Crippen LogP contribution in [-0.2, 0) is 13.5 Å². The molecular weight excluding hydrogens is 242 g/mol. The minimum Gasteiger partial charge on any atom is -0.648 e. The average molecular weight is 251 g/mol. The number of carbonyl (C=O) groups excluding carboxylic acids is 1. The van der Waals surface area contributed by atoms with Crippen LogP contribution in [0.1, 0.15) is 22.6 Å². The minimum atomic E-state index is -0.226. The Hall–Kier alpha value is 0.415. The van der Waals surface area contributed by atoms with E-state index in [1.807, 2.05) is 0 Å². The van der Waals surface area contributed by atoms with Crippen LogP contribution in [0.25, 0.3) is 5.32 Å². The zero-order chi connectivity index (χ0) is 8.55. The molecule has 0 unspecified atom stereocenters.